The van der Waals surface area contributed by atoms with Crippen LogP contribution >= 0.6 is 11.6 Å². The summed E-state index contributed by atoms with van der Waals surface area (Å²) in [5.74, 6) is -2.38. The van der Waals surface area contributed by atoms with Gasteiger partial charge in [-0.25, -0.2) is 4.79 Å². The molecule has 0 aliphatic heterocycles. The summed E-state index contributed by atoms with van der Waals surface area (Å²) in [7, 11) is 1.12. The number of aromatic nitrogens is 1. The van der Waals surface area contributed by atoms with Gasteiger partial charge in [0, 0.05) is 6.20 Å². The Morgan fingerprint density at radius 3 is 2.50 bits per heavy atom. The number of halogens is 4. The standard InChI is InChI=1S/C11H11ClF3NO4/c1-3-19-10(17)6-5-16-7(4-12)9(18-2)8(6)20-11(13,14)15/h5H,3-4H2,1-2H3. The Kier molecular flexibility index (Phi) is 5.43. The highest BCUT2D eigenvalue weighted by Crippen LogP contribution is 2.38. The van der Waals surface area contributed by atoms with E-state index in [0.29, 0.717) is 0 Å². The number of methoxy groups -OCH3 is 1. The van der Waals surface area contributed by atoms with Gasteiger partial charge in [-0.05, 0) is 6.92 Å². The number of rotatable bonds is 5. The van der Waals surface area contributed by atoms with E-state index < -0.39 is 23.6 Å². The molecule has 0 atom stereocenters. The Bertz CT molecular complexity index is 493. The van der Waals surface area contributed by atoms with Crippen LogP contribution in [-0.4, -0.2) is 31.0 Å². The molecule has 0 aromatic carbocycles. The number of nitrogens with zero attached hydrogens (tertiary/aromatic N) is 1. The monoisotopic (exact) mass is 313 g/mol. The summed E-state index contributed by atoms with van der Waals surface area (Å²) in [5, 5.41) is 0. The second-order valence-corrected chi connectivity index (χ2v) is 3.65. The van der Waals surface area contributed by atoms with Crippen LogP contribution in [0.5, 0.6) is 11.5 Å². The minimum Gasteiger partial charge on any atom is -0.491 e. The number of hydrogen-bond acceptors (Lipinski definition) is 5. The van der Waals surface area contributed by atoms with Crippen molar-refractivity contribution in [3.05, 3.63) is 17.5 Å². The summed E-state index contributed by atoms with van der Waals surface area (Å²) in [4.78, 5) is 15.4. The van der Waals surface area contributed by atoms with Crippen LogP contribution in [0, 0.1) is 0 Å². The average molecular weight is 314 g/mol. The van der Waals surface area contributed by atoms with E-state index in [1.807, 2.05) is 0 Å². The van der Waals surface area contributed by atoms with E-state index in [9.17, 15) is 18.0 Å². The molecule has 0 unspecified atom stereocenters. The molecule has 20 heavy (non-hydrogen) atoms. The lowest BCUT2D eigenvalue weighted by atomic mass is 10.2. The maximum Gasteiger partial charge on any atom is 0.573 e. The van der Waals surface area contributed by atoms with Crippen molar-refractivity contribution in [1.82, 2.24) is 4.98 Å². The normalized spacial score (nSPS) is 11.1. The minimum atomic E-state index is -5.00. The van der Waals surface area contributed by atoms with Crippen LogP contribution in [0.1, 0.15) is 23.0 Å². The summed E-state index contributed by atoms with van der Waals surface area (Å²) in [6.07, 6.45) is -4.10. The molecule has 1 rings (SSSR count). The number of hydrogen-bond donors (Lipinski definition) is 0. The van der Waals surface area contributed by atoms with Gasteiger partial charge in [0.05, 0.1) is 19.6 Å². The molecule has 0 N–H and O–H groups in total. The summed E-state index contributed by atoms with van der Waals surface area (Å²) in [5.41, 5.74) is -0.476. The number of esters is 1. The summed E-state index contributed by atoms with van der Waals surface area (Å²) >= 11 is 5.55. The number of alkyl halides is 4. The number of ether oxygens (including phenoxy) is 3. The molecule has 112 valence electrons. The van der Waals surface area contributed by atoms with Crippen LogP contribution in [-0.2, 0) is 10.6 Å². The number of carbonyl (C=O) groups is 1. The zero-order valence-electron chi connectivity index (χ0n) is 10.6. The molecule has 0 spiro atoms. The zero-order valence-corrected chi connectivity index (χ0v) is 11.3. The van der Waals surface area contributed by atoms with Crippen LogP contribution in [0.3, 0.4) is 0 Å². The summed E-state index contributed by atoms with van der Waals surface area (Å²) < 4.78 is 50.6. The number of carbonyl (C=O) groups excluding carboxylic acids is 1. The molecule has 0 aliphatic carbocycles. The SMILES string of the molecule is CCOC(=O)c1cnc(CCl)c(OC)c1OC(F)(F)F. The first-order valence-electron chi connectivity index (χ1n) is 5.38. The number of pyridine rings is 1. The minimum absolute atomic E-state index is 0.0101. The van der Waals surface area contributed by atoms with Crippen molar-refractivity contribution in [3.63, 3.8) is 0 Å². The van der Waals surface area contributed by atoms with E-state index >= 15 is 0 Å². The Morgan fingerprint density at radius 2 is 2.05 bits per heavy atom. The highest BCUT2D eigenvalue weighted by Gasteiger charge is 2.36. The predicted octanol–water partition coefficient (Wildman–Crippen LogP) is 2.90. The van der Waals surface area contributed by atoms with E-state index in [4.69, 9.17) is 16.3 Å². The lowest BCUT2D eigenvalue weighted by Crippen LogP contribution is -2.21. The quantitative estimate of drug-likeness (QED) is 0.618. The van der Waals surface area contributed by atoms with Crippen molar-refractivity contribution in [2.24, 2.45) is 0 Å². The van der Waals surface area contributed by atoms with E-state index in [1.54, 1.807) is 0 Å². The Labute approximate surface area is 117 Å². The van der Waals surface area contributed by atoms with Gasteiger partial charge in [0.2, 0.25) is 0 Å². The average Bonchev–Trinajstić information content (AvgIpc) is 2.36. The fourth-order valence-electron chi connectivity index (χ4n) is 1.39. The molecule has 0 bridgehead atoms. The second-order valence-electron chi connectivity index (χ2n) is 3.38. The van der Waals surface area contributed by atoms with Crippen molar-refractivity contribution in [3.8, 4) is 11.5 Å². The lowest BCUT2D eigenvalue weighted by molar-refractivity contribution is -0.275. The fourth-order valence-corrected chi connectivity index (χ4v) is 1.58. The molecule has 0 radical (unpaired) electrons. The van der Waals surface area contributed by atoms with Gasteiger partial charge < -0.3 is 14.2 Å². The molecule has 5 nitrogen and oxygen atoms in total. The first-order chi connectivity index (χ1) is 9.34. The molecule has 9 heteroatoms. The maximum atomic E-state index is 12.4. The molecular formula is C11H11ClF3NO4. The molecule has 0 aliphatic rings. The highest BCUT2D eigenvalue weighted by atomic mass is 35.5. The molecule has 0 saturated carbocycles. The van der Waals surface area contributed by atoms with E-state index in [1.165, 1.54) is 6.92 Å². The van der Waals surface area contributed by atoms with Gasteiger partial charge in [0.1, 0.15) is 11.3 Å². The van der Waals surface area contributed by atoms with Crippen molar-refractivity contribution < 1.29 is 32.2 Å². The van der Waals surface area contributed by atoms with Crippen molar-refractivity contribution in [2.75, 3.05) is 13.7 Å². The van der Waals surface area contributed by atoms with Gasteiger partial charge in [0.25, 0.3) is 0 Å². The lowest BCUT2D eigenvalue weighted by Gasteiger charge is -2.17. The Hall–Kier alpha value is -1.70. The van der Waals surface area contributed by atoms with Crippen LogP contribution in [0.25, 0.3) is 0 Å². The Balaban J connectivity index is 3.39. The van der Waals surface area contributed by atoms with Crippen LogP contribution in [0.15, 0.2) is 6.20 Å². The van der Waals surface area contributed by atoms with E-state index in [2.05, 4.69) is 14.5 Å². The van der Waals surface area contributed by atoms with Gasteiger partial charge in [-0.2, -0.15) is 0 Å². The molecule has 1 aromatic heterocycles. The third-order valence-electron chi connectivity index (χ3n) is 2.11. The van der Waals surface area contributed by atoms with Gasteiger partial charge in [-0.3, -0.25) is 4.98 Å². The van der Waals surface area contributed by atoms with Gasteiger partial charge in [0.15, 0.2) is 11.5 Å². The highest BCUT2D eigenvalue weighted by molar-refractivity contribution is 6.17. The Morgan fingerprint density at radius 1 is 1.40 bits per heavy atom. The van der Waals surface area contributed by atoms with Crippen molar-refractivity contribution in [1.29, 1.82) is 0 Å². The van der Waals surface area contributed by atoms with E-state index in [0.717, 1.165) is 13.3 Å². The smallest absolute Gasteiger partial charge is 0.491 e. The third-order valence-corrected chi connectivity index (χ3v) is 2.36. The van der Waals surface area contributed by atoms with Crippen LogP contribution in [0.2, 0.25) is 0 Å². The van der Waals surface area contributed by atoms with Crippen molar-refractivity contribution in [2.45, 2.75) is 19.2 Å². The topological polar surface area (TPSA) is 57.7 Å². The zero-order chi connectivity index (χ0) is 15.3. The largest absolute Gasteiger partial charge is 0.573 e. The van der Waals surface area contributed by atoms with Crippen molar-refractivity contribution >= 4 is 17.6 Å². The predicted molar refractivity (Wildman–Crippen MR) is 63.0 cm³/mol. The second kappa shape index (κ2) is 6.65. The summed E-state index contributed by atoms with van der Waals surface area (Å²) in [6.45, 7) is 1.50. The molecule has 1 heterocycles. The van der Waals surface area contributed by atoms with Gasteiger partial charge in [-0.15, -0.1) is 24.8 Å². The van der Waals surface area contributed by atoms with Crippen LogP contribution < -0.4 is 9.47 Å². The fraction of sp³-hybridized carbons (Fsp3) is 0.455. The molecule has 0 saturated heterocycles. The van der Waals surface area contributed by atoms with E-state index in [-0.39, 0.29) is 23.9 Å². The van der Waals surface area contributed by atoms with Gasteiger partial charge >= 0.3 is 12.3 Å². The first kappa shape index (κ1) is 16.4. The summed E-state index contributed by atoms with van der Waals surface area (Å²) in [6, 6.07) is 0. The van der Waals surface area contributed by atoms with Crippen LogP contribution in [0.4, 0.5) is 13.2 Å². The molecule has 1 aromatic rings. The third kappa shape index (κ3) is 3.89. The molecule has 0 amide bonds. The molecule has 0 fully saturated rings. The first-order valence-corrected chi connectivity index (χ1v) is 5.92. The maximum absolute atomic E-state index is 12.4. The van der Waals surface area contributed by atoms with Gasteiger partial charge in [-0.1, -0.05) is 0 Å². The molecular weight excluding hydrogens is 303 g/mol.